The molecule has 180 valence electrons. The summed E-state index contributed by atoms with van der Waals surface area (Å²) in [6.07, 6.45) is 11.3. The molecule has 1 atom stereocenters. The van der Waals surface area contributed by atoms with Crippen LogP contribution in [0.1, 0.15) is 64.6 Å². The van der Waals surface area contributed by atoms with Gasteiger partial charge in [0.15, 0.2) is 0 Å². The average molecular weight is 463 g/mol. The van der Waals surface area contributed by atoms with Crippen molar-refractivity contribution in [2.45, 2.75) is 61.0 Å². The van der Waals surface area contributed by atoms with Gasteiger partial charge >= 0.3 is 0 Å². The SMILES string of the molecule is C/C=C\C(C)OC.CC.CC.CC/C=C/N(C=N)C(=O)c1cc2c(N(C)C)ccnc2s1. The number of thiophene rings is 1. The van der Waals surface area contributed by atoms with Crippen molar-refractivity contribution >= 4 is 39.5 Å². The van der Waals surface area contributed by atoms with Crippen LogP contribution in [-0.2, 0) is 4.74 Å². The molecular formula is C25H42N4O2S. The molecule has 0 aromatic carbocycles. The summed E-state index contributed by atoms with van der Waals surface area (Å²) in [7, 11) is 5.62. The van der Waals surface area contributed by atoms with E-state index in [1.54, 1.807) is 19.5 Å². The molecule has 32 heavy (non-hydrogen) atoms. The first-order valence-electron chi connectivity index (χ1n) is 11.1. The van der Waals surface area contributed by atoms with E-state index in [2.05, 4.69) is 4.98 Å². The standard InChI is InChI=1S/C15H18N4OS.C6H12O.2C2H6/c1-4-5-8-19(10-16)15(20)13-9-11-12(18(2)3)6-7-17-14(11)21-13;1-4-5-6(2)7-3;2*1-2/h5-10,16H,4H2,1-3H3;4-6H,1-3H3;2*1-2H3/b8-5+,16-10?;5-4-;;. The van der Waals surface area contributed by atoms with Crippen LogP contribution in [0.15, 0.2) is 42.8 Å². The molecule has 0 saturated carbocycles. The van der Waals surface area contributed by atoms with E-state index in [9.17, 15) is 4.79 Å². The summed E-state index contributed by atoms with van der Waals surface area (Å²) in [6, 6.07) is 3.77. The van der Waals surface area contributed by atoms with Crippen molar-refractivity contribution in [3.8, 4) is 0 Å². The highest BCUT2D eigenvalue weighted by atomic mass is 32.1. The number of aromatic nitrogens is 1. The van der Waals surface area contributed by atoms with Crippen molar-refractivity contribution < 1.29 is 9.53 Å². The van der Waals surface area contributed by atoms with E-state index in [4.69, 9.17) is 10.1 Å². The van der Waals surface area contributed by atoms with Gasteiger partial charge in [0.1, 0.15) is 4.83 Å². The molecule has 0 saturated heterocycles. The Morgan fingerprint density at radius 3 is 2.34 bits per heavy atom. The van der Waals surface area contributed by atoms with E-state index in [0.29, 0.717) is 4.88 Å². The quantitative estimate of drug-likeness (QED) is 0.274. The zero-order valence-electron chi connectivity index (χ0n) is 21.5. The van der Waals surface area contributed by atoms with Crippen LogP contribution in [0.4, 0.5) is 5.69 Å². The Labute approximate surface area is 199 Å². The molecule has 6 nitrogen and oxygen atoms in total. The second-order valence-corrected chi connectivity index (χ2v) is 7.19. The minimum absolute atomic E-state index is 0.206. The Morgan fingerprint density at radius 1 is 1.28 bits per heavy atom. The third kappa shape index (κ3) is 10.7. The summed E-state index contributed by atoms with van der Waals surface area (Å²) in [6.45, 7) is 14.0. The van der Waals surface area contributed by atoms with Crippen LogP contribution >= 0.6 is 11.3 Å². The fourth-order valence-corrected chi connectivity index (χ4v) is 3.25. The topological polar surface area (TPSA) is 69.5 Å². The van der Waals surface area contributed by atoms with Crippen molar-refractivity contribution in [1.29, 1.82) is 5.41 Å². The normalized spacial score (nSPS) is 10.9. The van der Waals surface area contributed by atoms with Gasteiger partial charge in [-0.05, 0) is 32.4 Å². The number of nitrogens with zero attached hydrogens (tertiary/aromatic N) is 3. The molecule has 1 unspecified atom stereocenters. The van der Waals surface area contributed by atoms with Crippen LogP contribution in [-0.4, -0.2) is 49.4 Å². The minimum Gasteiger partial charge on any atom is -0.378 e. The molecule has 7 heteroatoms. The number of allylic oxidation sites excluding steroid dienone is 2. The van der Waals surface area contributed by atoms with Crippen LogP contribution < -0.4 is 4.90 Å². The summed E-state index contributed by atoms with van der Waals surface area (Å²) in [5.74, 6) is -0.206. The monoisotopic (exact) mass is 462 g/mol. The summed E-state index contributed by atoms with van der Waals surface area (Å²) in [5.41, 5.74) is 1.03. The van der Waals surface area contributed by atoms with Gasteiger partial charge in [-0.25, -0.2) is 4.98 Å². The predicted molar refractivity (Wildman–Crippen MR) is 142 cm³/mol. The summed E-state index contributed by atoms with van der Waals surface area (Å²) < 4.78 is 4.90. The number of rotatable bonds is 7. The first-order chi connectivity index (χ1) is 15.4. The van der Waals surface area contributed by atoms with Crippen molar-refractivity contribution in [3.63, 3.8) is 0 Å². The zero-order chi connectivity index (χ0) is 25.1. The molecule has 2 aromatic heterocycles. The van der Waals surface area contributed by atoms with Crippen molar-refractivity contribution in [2.24, 2.45) is 0 Å². The molecular weight excluding hydrogens is 420 g/mol. The van der Waals surface area contributed by atoms with Gasteiger partial charge in [-0.1, -0.05) is 52.8 Å². The molecule has 0 aliphatic heterocycles. The van der Waals surface area contributed by atoms with E-state index in [1.165, 1.54) is 16.2 Å². The fraction of sp³-hybridized carbons (Fsp3) is 0.480. The van der Waals surface area contributed by atoms with E-state index < -0.39 is 0 Å². The van der Waals surface area contributed by atoms with Gasteiger partial charge in [0.2, 0.25) is 0 Å². The van der Waals surface area contributed by atoms with Crippen molar-refractivity contribution in [3.05, 3.63) is 47.6 Å². The number of amides is 1. The number of fused-ring (bicyclic) bond motifs is 1. The van der Waals surface area contributed by atoms with E-state index in [1.807, 2.05) is 97.8 Å². The highest BCUT2D eigenvalue weighted by molar-refractivity contribution is 7.20. The Bertz CT molecular complexity index is 828. The molecule has 1 N–H and O–H groups in total. The lowest BCUT2D eigenvalue weighted by Gasteiger charge is -2.12. The Balaban J connectivity index is 0. The van der Waals surface area contributed by atoms with Gasteiger partial charge in [0, 0.05) is 44.7 Å². The summed E-state index contributed by atoms with van der Waals surface area (Å²) in [4.78, 5) is 21.4. The molecule has 0 fully saturated rings. The summed E-state index contributed by atoms with van der Waals surface area (Å²) in [5, 5.41) is 8.33. The van der Waals surface area contributed by atoms with Crippen LogP contribution in [0.2, 0.25) is 0 Å². The molecule has 0 bridgehead atoms. The van der Waals surface area contributed by atoms with Crippen LogP contribution in [0, 0.1) is 5.41 Å². The number of hydrogen-bond donors (Lipinski definition) is 1. The third-order valence-corrected chi connectivity index (χ3v) is 4.85. The second-order valence-electron chi connectivity index (χ2n) is 6.16. The fourth-order valence-electron chi connectivity index (χ4n) is 2.29. The van der Waals surface area contributed by atoms with E-state index in [0.717, 1.165) is 28.7 Å². The minimum atomic E-state index is -0.206. The molecule has 1 amide bonds. The number of hydrogen-bond acceptors (Lipinski definition) is 6. The van der Waals surface area contributed by atoms with Gasteiger partial charge in [0.25, 0.3) is 5.91 Å². The Hall–Kier alpha value is -2.51. The average Bonchev–Trinajstić information content (AvgIpc) is 3.27. The maximum absolute atomic E-state index is 12.4. The predicted octanol–water partition coefficient (Wildman–Crippen LogP) is 6.99. The molecule has 0 spiro atoms. The lowest BCUT2D eigenvalue weighted by atomic mass is 10.2. The number of carbonyl (C=O) groups is 1. The van der Waals surface area contributed by atoms with Gasteiger partial charge in [-0.15, -0.1) is 11.3 Å². The highest BCUT2D eigenvalue weighted by Crippen LogP contribution is 2.31. The molecule has 2 aromatic rings. The lowest BCUT2D eigenvalue weighted by molar-refractivity contribution is 0.0895. The van der Waals surface area contributed by atoms with Crippen molar-refractivity contribution in [2.75, 3.05) is 26.1 Å². The third-order valence-electron chi connectivity index (χ3n) is 3.82. The van der Waals surface area contributed by atoms with Gasteiger partial charge < -0.3 is 9.64 Å². The Morgan fingerprint density at radius 2 is 1.91 bits per heavy atom. The van der Waals surface area contributed by atoms with Gasteiger partial charge in [-0.3, -0.25) is 15.1 Å². The number of nitrogens with one attached hydrogen (secondary N) is 1. The number of methoxy groups -OCH3 is 1. The molecule has 2 rings (SSSR count). The largest absolute Gasteiger partial charge is 0.378 e. The highest BCUT2D eigenvalue weighted by Gasteiger charge is 2.17. The summed E-state index contributed by atoms with van der Waals surface area (Å²) >= 11 is 1.35. The molecule has 0 aliphatic carbocycles. The first kappa shape index (κ1) is 31.7. The van der Waals surface area contributed by atoms with E-state index in [-0.39, 0.29) is 12.0 Å². The van der Waals surface area contributed by atoms with Crippen LogP contribution in [0.3, 0.4) is 0 Å². The smallest absolute Gasteiger partial charge is 0.273 e. The van der Waals surface area contributed by atoms with Crippen LogP contribution in [0.5, 0.6) is 0 Å². The first-order valence-corrected chi connectivity index (χ1v) is 11.9. The maximum atomic E-state index is 12.4. The maximum Gasteiger partial charge on any atom is 0.273 e. The second kappa shape index (κ2) is 19.2. The van der Waals surface area contributed by atoms with Gasteiger partial charge in [0.05, 0.1) is 17.3 Å². The number of carbonyl (C=O) groups excluding carboxylic acids is 1. The molecule has 0 aliphatic rings. The van der Waals surface area contributed by atoms with Crippen molar-refractivity contribution in [1.82, 2.24) is 9.88 Å². The van der Waals surface area contributed by atoms with E-state index >= 15 is 0 Å². The number of anilines is 1. The lowest BCUT2D eigenvalue weighted by Crippen LogP contribution is -2.22. The molecule has 2 heterocycles. The molecule has 0 radical (unpaired) electrons. The van der Waals surface area contributed by atoms with Gasteiger partial charge in [-0.2, -0.15) is 0 Å². The zero-order valence-corrected chi connectivity index (χ0v) is 22.3. The number of ether oxygens (including phenoxy) is 1. The number of pyridine rings is 1. The van der Waals surface area contributed by atoms with Crippen LogP contribution in [0.25, 0.3) is 10.2 Å². The Kier molecular flexibility index (Phi) is 19.0.